The summed E-state index contributed by atoms with van der Waals surface area (Å²) in [6.45, 7) is 5.01. The number of alkyl halides is 3. The molecule has 1 aromatic carbocycles. The van der Waals surface area contributed by atoms with E-state index in [-0.39, 0.29) is 12.1 Å². The standard InChI is InChI=1S/C21H22F3N3O2/c1-12(2)10-28-17-11-29-16-6-4-3-5-13(16)19(17)27-20-14-9-18(21(22,23)24)26-15(14)7-8-25-20/h3-9,12,17,19,26H,10-11H2,1-2H3,(H,25,27). The minimum absolute atomic E-state index is 0.301. The molecule has 3 heterocycles. The fraction of sp³-hybridized carbons (Fsp3) is 0.381. The van der Waals surface area contributed by atoms with Gasteiger partial charge in [0.2, 0.25) is 0 Å². The zero-order valence-corrected chi connectivity index (χ0v) is 16.1. The van der Waals surface area contributed by atoms with E-state index in [2.05, 4.69) is 29.1 Å². The molecule has 4 rings (SSSR count). The van der Waals surface area contributed by atoms with E-state index in [1.54, 1.807) is 0 Å². The number of ether oxygens (including phenoxy) is 2. The van der Waals surface area contributed by atoms with Gasteiger partial charge < -0.3 is 19.8 Å². The number of nitrogens with one attached hydrogen (secondary N) is 2. The van der Waals surface area contributed by atoms with Crippen LogP contribution in [0.1, 0.15) is 31.1 Å². The van der Waals surface area contributed by atoms with Crippen molar-refractivity contribution in [3.8, 4) is 5.75 Å². The molecule has 29 heavy (non-hydrogen) atoms. The van der Waals surface area contributed by atoms with Gasteiger partial charge in [0.25, 0.3) is 0 Å². The molecule has 0 amide bonds. The van der Waals surface area contributed by atoms with Crippen molar-refractivity contribution in [2.45, 2.75) is 32.2 Å². The number of para-hydroxylation sites is 1. The van der Waals surface area contributed by atoms with Gasteiger partial charge in [-0.3, -0.25) is 0 Å². The summed E-state index contributed by atoms with van der Waals surface area (Å²) >= 11 is 0. The van der Waals surface area contributed by atoms with Crippen LogP contribution in [0.25, 0.3) is 10.9 Å². The highest BCUT2D eigenvalue weighted by Gasteiger charge is 2.35. The predicted molar refractivity (Wildman–Crippen MR) is 104 cm³/mol. The monoisotopic (exact) mass is 405 g/mol. The van der Waals surface area contributed by atoms with Crippen LogP contribution in [0.4, 0.5) is 19.0 Å². The molecule has 0 bridgehead atoms. The fourth-order valence-corrected chi connectivity index (χ4v) is 3.44. The van der Waals surface area contributed by atoms with E-state index in [0.717, 1.165) is 17.4 Å². The van der Waals surface area contributed by atoms with Gasteiger partial charge in [-0.1, -0.05) is 32.0 Å². The number of halogens is 3. The second-order valence-electron chi connectivity index (χ2n) is 7.54. The number of benzene rings is 1. The summed E-state index contributed by atoms with van der Waals surface area (Å²) < 4.78 is 51.3. The number of H-pyrrole nitrogens is 1. The molecule has 0 saturated carbocycles. The summed E-state index contributed by atoms with van der Waals surface area (Å²) in [7, 11) is 0. The molecule has 0 saturated heterocycles. The Bertz CT molecular complexity index is 1000. The van der Waals surface area contributed by atoms with Crippen molar-refractivity contribution >= 4 is 16.7 Å². The average molecular weight is 405 g/mol. The summed E-state index contributed by atoms with van der Waals surface area (Å²) in [4.78, 5) is 6.73. The highest BCUT2D eigenvalue weighted by Crippen LogP contribution is 2.38. The van der Waals surface area contributed by atoms with Crippen LogP contribution < -0.4 is 10.1 Å². The zero-order chi connectivity index (χ0) is 20.6. The van der Waals surface area contributed by atoms with E-state index >= 15 is 0 Å². The van der Waals surface area contributed by atoms with Gasteiger partial charge in [0, 0.05) is 23.8 Å². The number of rotatable bonds is 5. The average Bonchev–Trinajstić information content (AvgIpc) is 3.13. The van der Waals surface area contributed by atoms with Gasteiger partial charge in [0.1, 0.15) is 30.0 Å². The summed E-state index contributed by atoms with van der Waals surface area (Å²) in [6.07, 6.45) is -3.27. The SMILES string of the molecule is CC(C)COC1COc2ccccc2C1Nc1nccc2[nH]c(C(F)(F)F)cc12. The van der Waals surface area contributed by atoms with Crippen molar-refractivity contribution in [3.63, 3.8) is 0 Å². The first-order valence-electron chi connectivity index (χ1n) is 9.47. The van der Waals surface area contributed by atoms with Gasteiger partial charge in [-0.2, -0.15) is 13.2 Å². The molecule has 154 valence electrons. The number of aromatic amines is 1. The Morgan fingerprint density at radius 3 is 2.83 bits per heavy atom. The zero-order valence-electron chi connectivity index (χ0n) is 16.1. The van der Waals surface area contributed by atoms with Gasteiger partial charge in [-0.25, -0.2) is 4.98 Å². The molecule has 2 aromatic heterocycles. The molecule has 3 aromatic rings. The molecular formula is C21H22F3N3O2. The molecule has 0 spiro atoms. The Labute approximate surface area is 166 Å². The van der Waals surface area contributed by atoms with Crippen LogP contribution in [0.2, 0.25) is 0 Å². The highest BCUT2D eigenvalue weighted by molar-refractivity contribution is 5.90. The van der Waals surface area contributed by atoms with Crippen molar-refractivity contribution in [3.05, 3.63) is 53.9 Å². The Balaban J connectivity index is 1.71. The first kappa shape index (κ1) is 19.6. The van der Waals surface area contributed by atoms with E-state index in [0.29, 0.717) is 35.9 Å². The lowest BCUT2D eigenvalue weighted by Crippen LogP contribution is -2.38. The first-order chi connectivity index (χ1) is 13.8. The third-order valence-electron chi connectivity index (χ3n) is 4.82. The van der Waals surface area contributed by atoms with Crippen LogP contribution in [0.5, 0.6) is 5.75 Å². The van der Waals surface area contributed by atoms with Crippen LogP contribution in [0, 0.1) is 5.92 Å². The smallest absolute Gasteiger partial charge is 0.431 e. The van der Waals surface area contributed by atoms with E-state index in [4.69, 9.17) is 9.47 Å². The van der Waals surface area contributed by atoms with Crippen molar-refractivity contribution in [1.29, 1.82) is 0 Å². The first-order valence-corrected chi connectivity index (χ1v) is 9.47. The molecule has 0 fully saturated rings. The van der Waals surface area contributed by atoms with Crippen molar-refractivity contribution < 1.29 is 22.6 Å². The number of nitrogens with zero attached hydrogens (tertiary/aromatic N) is 1. The molecule has 1 aliphatic heterocycles. The molecule has 2 unspecified atom stereocenters. The molecular weight excluding hydrogens is 383 g/mol. The maximum Gasteiger partial charge on any atom is 0.431 e. The number of fused-ring (bicyclic) bond motifs is 2. The van der Waals surface area contributed by atoms with Crippen LogP contribution in [0.3, 0.4) is 0 Å². The van der Waals surface area contributed by atoms with Crippen molar-refractivity contribution in [2.24, 2.45) is 5.92 Å². The lowest BCUT2D eigenvalue weighted by atomic mass is 9.97. The Morgan fingerprint density at radius 1 is 1.28 bits per heavy atom. The van der Waals surface area contributed by atoms with E-state index in [9.17, 15) is 13.2 Å². The maximum absolute atomic E-state index is 13.1. The van der Waals surface area contributed by atoms with E-state index in [1.807, 2.05) is 24.3 Å². The van der Waals surface area contributed by atoms with E-state index < -0.39 is 11.9 Å². The lowest BCUT2D eigenvalue weighted by molar-refractivity contribution is -0.140. The van der Waals surface area contributed by atoms with Crippen LogP contribution in [-0.2, 0) is 10.9 Å². The summed E-state index contributed by atoms with van der Waals surface area (Å²) in [5.41, 5.74) is 0.455. The quantitative estimate of drug-likeness (QED) is 0.615. The fourth-order valence-electron chi connectivity index (χ4n) is 3.44. The molecule has 0 radical (unpaired) electrons. The van der Waals surface area contributed by atoms with Gasteiger partial charge in [0.15, 0.2) is 0 Å². The third kappa shape index (κ3) is 4.03. The topological polar surface area (TPSA) is 59.2 Å². The van der Waals surface area contributed by atoms with Crippen molar-refractivity contribution in [2.75, 3.05) is 18.5 Å². The van der Waals surface area contributed by atoms with Gasteiger partial charge in [-0.15, -0.1) is 0 Å². The Hall–Kier alpha value is -2.74. The number of hydrogen-bond acceptors (Lipinski definition) is 4. The molecule has 8 heteroatoms. The number of anilines is 1. The molecule has 0 aliphatic carbocycles. The second kappa shape index (κ2) is 7.59. The predicted octanol–water partition coefficient (Wildman–Crippen LogP) is 5.17. The second-order valence-corrected chi connectivity index (χ2v) is 7.54. The van der Waals surface area contributed by atoms with E-state index in [1.165, 1.54) is 12.3 Å². The number of pyridine rings is 1. The van der Waals surface area contributed by atoms with Crippen LogP contribution in [0.15, 0.2) is 42.6 Å². The Kier molecular flexibility index (Phi) is 5.12. The number of aromatic nitrogens is 2. The summed E-state index contributed by atoms with van der Waals surface area (Å²) in [6, 6.07) is 9.88. The normalized spacial score (nSPS) is 19.2. The largest absolute Gasteiger partial charge is 0.490 e. The summed E-state index contributed by atoms with van der Waals surface area (Å²) in [5.74, 6) is 1.44. The number of hydrogen-bond donors (Lipinski definition) is 2. The minimum atomic E-state index is -4.45. The Morgan fingerprint density at radius 2 is 2.07 bits per heavy atom. The van der Waals surface area contributed by atoms with Gasteiger partial charge in [0.05, 0.1) is 11.6 Å². The minimum Gasteiger partial charge on any atom is -0.490 e. The highest BCUT2D eigenvalue weighted by atomic mass is 19.4. The van der Waals surface area contributed by atoms with Crippen LogP contribution >= 0.6 is 0 Å². The van der Waals surface area contributed by atoms with Gasteiger partial charge >= 0.3 is 6.18 Å². The lowest BCUT2D eigenvalue weighted by Gasteiger charge is -2.34. The van der Waals surface area contributed by atoms with Crippen molar-refractivity contribution in [1.82, 2.24) is 9.97 Å². The molecule has 1 aliphatic rings. The summed E-state index contributed by atoms with van der Waals surface area (Å²) in [5, 5.41) is 3.70. The molecule has 2 N–H and O–H groups in total. The maximum atomic E-state index is 13.1. The molecule has 2 atom stereocenters. The van der Waals surface area contributed by atoms with Gasteiger partial charge in [-0.05, 0) is 24.1 Å². The molecule has 5 nitrogen and oxygen atoms in total. The third-order valence-corrected chi connectivity index (χ3v) is 4.82. The van der Waals surface area contributed by atoms with Crippen LogP contribution in [-0.4, -0.2) is 29.3 Å².